The average molecular weight is 383 g/mol. The van der Waals surface area contributed by atoms with Crippen molar-refractivity contribution in [2.24, 2.45) is 15.4 Å². The van der Waals surface area contributed by atoms with E-state index in [1.807, 2.05) is 6.92 Å². The fraction of sp³-hybridized carbons (Fsp3) is 0.500. The Balaban J connectivity index is 2.31. The maximum Gasteiger partial charge on any atom is 0.295 e. The van der Waals surface area contributed by atoms with Gasteiger partial charge >= 0.3 is 0 Å². The molecular weight excluding hydrogens is 367 g/mol. The van der Waals surface area contributed by atoms with Crippen LogP contribution < -0.4 is 5.32 Å². The summed E-state index contributed by atoms with van der Waals surface area (Å²) in [7, 11) is -3.89. The van der Waals surface area contributed by atoms with E-state index in [0.717, 1.165) is 17.8 Å². The van der Waals surface area contributed by atoms with Gasteiger partial charge in [-0.25, -0.2) is 5.01 Å². The lowest BCUT2D eigenvalue weighted by molar-refractivity contribution is 0.426. The predicted octanol–water partition coefficient (Wildman–Crippen LogP) is 3.04. The van der Waals surface area contributed by atoms with E-state index in [9.17, 15) is 8.42 Å². The van der Waals surface area contributed by atoms with E-state index in [-0.39, 0.29) is 25.4 Å². The Hall–Kier alpha value is -0.830. The van der Waals surface area contributed by atoms with Crippen molar-refractivity contribution in [1.82, 2.24) is 10.3 Å². The fourth-order valence-corrected chi connectivity index (χ4v) is 4.64. The first kappa shape index (κ1) is 17.5. The van der Waals surface area contributed by atoms with Gasteiger partial charge in [-0.2, -0.15) is 13.5 Å². The van der Waals surface area contributed by atoms with E-state index in [0.29, 0.717) is 13.1 Å². The van der Waals surface area contributed by atoms with Gasteiger partial charge in [0.15, 0.2) is 0 Å². The number of guanidine groups is 1. The largest absolute Gasteiger partial charge is 0.354 e. The quantitative estimate of drug-likeness (QED) is 0.641. The number of sulfonamides is 1. The number of nitrogens with zero attached hydrogens (tertiary/aromatic N) is 3. The summed E-state index contributed by atoms with van der Waals surface area (Å²) in [5.41, 5.74) is 0. The average Bonchev–Trinajstić information content (AvgIpc) is 3.06. The van der Waals surface area contributed by atoms with E-state index in [1.54, 1.807) is 11.2 Å². The van der Waals surface area contributed by atoms with E-state index < -0.39 is 10.0 Å². The van der Waals surface area contributed by atoms with E-state index in [4.69, 9.17) is 23.2 Å². The van der Waals surface area contributed by atoms with Crippen LogP contribution in [0, 0.1) is 5.92 Å². The van der Waals surface area contributed by atoms with Crippen LogP contribution in [0.1, 0.15) is 20.3 Å². The third kappa shape index (κ3) is 3.92. The zero-order valence-corrected chi connectivity index (χ0v) is 15.2. The molecule has 0 fully saturated rings. The van der Waals surface area contributed by atoms with Crippen LogP contribution in [0.2, 0.25) is 9.36 Å². The first-order chi connectivity index (χ1) is 10.4. The van der Waals surface area contributed by atoms with Gasteiger partial charge in [-0.3, -0.25) is 0 Å². The summed E-state index contributed by atoms with van der Waals surface area (Å²) in [5, 5.41) is 8.91. The second-order valence-electron chi connectivity index (χ2n) is 4.62. The first-order valence-electron chi connectivity index (χ1n) is 6.72. The molecule has 22 heavy (non-hydrogen) atoms. The molecule has 1 aromatic heterocycles. The van der Waals surface area contributed by atoms with Gasteiger partial charge in [-0.15, -0.1) is 15.7 Å². The number of thiophene rings is 1. The van der Waals surface area contributed by atoms with Crippen LogP contribution in [0.25, 0.3) is 0 Å². The maximum atomic E-state index is 12.4. The molecule has 1 aromatic rings. The molecule has 0 bridgehead atoms. The number of nitrogens with one attached hydrogen (secondary N) is 1. The molecular formula is C12H16Cl2N4O2S2. The first-order valence-corrected chi connectivity index (χ1v) is 9.74. The summed E-state index contributed by atoms with van der Waals surface area (Å²) in [6.07, 6.45) is 2.74. The monoisotopic (exact) mass is 382 g/mol. The highest BCUT2D eigenvalue weighted by atomic mass is 35.5. The molecule has 2 rings (SSSR count). The predicted molar refractivity (Wildman–Crippen MR) is 91.6 cm³/mol. The van der Waals surface area contributed by atoms with E-state index in [1.165, 1.54) is 6.07 Å². The van der Waals surface area contributed by atoms with Gasteiger partial charge < -0.3 is 5.32 Å². The summed E-state index contributed by atoms with van der Waals surface area (Å²) in [6, 6.07) is 1.30. The second-order valence-corrected chi connectivity index (χ2v) is 8.51. The van der Waals surface area contributed by atoms with Crippen molar-refractivity contribution < 1.29 is 8.42 Å². The Morgan fingerprint density at radius 2 is 2.27 bits per heavy atom. The van der Waals surface area contributed by atoms with E-state index in [2.05, 4.69) is 21.7 Å². The van der Waals surface area contributed by atoms with Crippen LogP contribution in [0.3, 0.4) is 0 Å². The maximum absolute atomic E-state index is 12.4. The molecule has 0 amide bonds. The van der Waals surface area contributed by atoms with Gasteiger partial charge in [0.25, 0.3) is 10.0 Å². The van der Waals surface area contributed by atoms with Gasteiger partial charge in [0, 0.05) is 18.7 Å². The normalized spacial score (nSPS) is 19.0. The lowest BCUT2D eigenvalue weighted by Gasteiger charge is -2.18. The Bertz CT molecular complexity index is 680. The molecule has 122 valence electrons. The van der Waals surface area contributed by atoms with Crippen molar-refractivity contribution in [3.8, 4) is 0 Å². The fourth-order valence-electron chi connectivity index (χ4n) is 1.81. The molecule has 1 N–H and O–H groups in total. The third-order valence-corrected chi connectivity index (χ3v) is 6.59. The van der Waals surface area contributed by atoms with Crippen LogP contribution in [0.4, 0.5) is 0 Å². The Morgan fingerprint density at radius 3 is 2.77 bits per heavy atom. The molecule has 1 aliphatic heterocycles. The third-order valence-electron chi connectivity index (χ3n) is 3.01. The molecule has 0 saturated heterocycles. The second kappa shape index (κ2) is 7.16. The molecule has 0 spiro atoms. The molecule has 1 atom stereocenters. The zero-order chi connectivity index (χ0) is 16.3. The van der Waals surface area contributed by atoms with Crippen molar-refractivity contribution in [2.45, 2.75) is 24.5 Å². The lowest BCUT2D eigenvalue weighted by Crippen LogP contribution is -2.38. The molecule has 10 heteroatoms. The Morgan fingerprint density at radius 1 is 1.55 bits per heavy atom. The summed E-state index contributed by atoms with van der Waals surface area (Å²) in [5.74, 6) is 0.493. The Kier molecular flexibility index (Phi) is 5.70. The number of hydrogen-bond acceptors (Lipinski definition) is 4. The Labute approximate surface area is 143 Å². The van der Waals surface area contributed by atoms with Crippen molar-refractivity contribution in [3.63, 3.8) is 0 Å². The molecule has 6 nitrogen and oxygen atoms in total. The minimum absolute atomic E-state index is 0.00752. The van der Waals surface area contributed by atoms with Crippen molar-refractivity contribution in [3.05, 3.63) is 15.4 Å². The highest BCUT2D eigenvalue weighted by molar-refractivity contribution is 7.92. The number of hydrogen-bond donors (Lipinski definition) is 1. The van der Waals surface area contributed by atoms with Crippen LogP contribution in [-0.2, 0) is 10.0 Å². The lowest BCUT2D eigenvalue weighted by atomic mass is 10.1. The zero-order valence-electron chi connectivity index (χ0n) is 12.1. The van der Waals surface area contributed by atoms with Crippen molar-refractivity contribution in [2.75, 3.05) is 13.1 Å². The number of halogens is 2. The van der Waals surface area contributed by atoms with Crippen LogP contribution >= 0.6 is 34.5 Å². The SMILES string of the molecule is CCN/C(=N\S(=O)(=O)c1cc(Cl)c(Cl)s1)N1CC(CC)C=N1. The molecule has 0 saturated carbocycles. The summed E-state index contributed by atoms with van der Waals surface area (Å²) in [4.78, 5) is 0. The topological polar surface area (TPSA) is 74.1 Å². The summed E-state index contributed by atoms with van der Waals surface area (Å²) < 4.78 is 28.8. The molecule has 2 heterocycles. The highest BCUT2D eigenvalue weighted by Gasteiger charge is 2.24. The highest BCUT2D eigenvalue weighted by Crippen LogP contribution is 2.35. The molecule has 0 radical (unpaired) electrons. The number of hydrazone groups is 1. The molecule has 0 aliphatic carbocycles. The van der Waals surface area contributed by atoms with Gasteiger partial charge in [0.05, 0.1) is 11.6 Å². The van der Waals surface area contributed by atoms with Crippen LogP contribution in [0.5, 0.6) is 0 Å². The molecule has 1 unspecified atom stereocenters. The van der Waals surface area contributed by atoms with E-state index >= 15 is 0 Å². The standard InChI is InChI=1S/C12H16Cl2N4O2S2/c1-3-8-6-16-18(7-8)12(15-4-2)17-22(19,20)10-5-9(13)11(14)21-10/h5-6,8H,3-4,7H2,1-2H3,(H,15,17). The molecule has 0 aromatic carbocycles. The smallest absolute Gasteiger partial charge is 0.295 e. The van der Waals surface area contributed by atoms with Gasteiger partial charge in [-0.1, -0.05) is 30.1 Å². The van der Waals surface area contributed by atoms with Crippen LogP contribution in [0.15, 0.2) is 19.8 Å². The summed E-state index contributed by atoms with van der Waals surface area (Å²) in [6.45, 7) is 5.04. The van der Waals surface area contributed by atoms with Gasteiger partial charge in [-0.05, 0) is 19.4 Å². The number of rotatable bonds is 4. The van der Waals surface area contributed by atoms with Gasteiger partial charge in [0.2, 0.25) is 5.96 Å². The van der Waals surface area contributed by atoms with Crippen molar-refractivity contribution >= 4 is 56.7 Å². The summed E-state index contributed by atoms with van der Waals surface area (Å²) >= 11 is 12.5. The molecule has 1 aliphatic rings. The minimum atomic E-state index is -3.89. The van der Waals surface area contributed by atoms with Gasteiger partial charge in [0.1, 0.15) is 8.55 Å². The van der Waals surface area contributed by atoms with Crippen LogP contribution in [-0.4, -0.2) is 38.7 Å². The van der Waals surface area contributed by atoms with Crippen molar-refractivity contribution in [1.29, 1.82) is 0 Å². The minimum Gasteiger partial charge on any atom is -0.354 e.